The topological polar surface area (TPSA) is 76.4 Å². The van der Waals surface area contributed by atoms with Crippen molar-refractivity contribution in [2.75, 3.05) is 5.32 Å². The third kappa shape index (κ3) is 6.94. The molecule has 0 aliphatic rings. The fourth-order valence-electron chi connectivity index (χ4n) is 3.91. The second-order valence-corrected chi connectivity index (χ2v) is 9.10. The van der Waals surface area contributed by atoms with Crippen molar-refractivity contribution in [2.24, 2.45) is 5.10 Å². The first kappa shape index (κ1) is 26.8. The predicted octanol–water partition coefficient (Wildman–Crippen LogP) is 6.59. The Morgan fingerprint density at radius 1 is 1.05 bits per heavy atom. The van der Waals surface area contributed by atoms with Crippen LogP contribution in [0.3, 0.4) is 0 Å². The average molecular weight is 539 g/mol. The maximum absolute atomic E-state index is 12.3. The maximum Gasteiger partial charge on any atom is 0.573 e. The smallest absolute Gasteiger partial charge is 0.406 e. The van der Waals surface area contributed by atoms with Crippen molar-refractivity contribution in [3.63, 3.8) is 0 Å². The van der Waals surface area contributed by atoms with Gasteiger partial charge >= 0.3 is 6.36 Å². The van der Waals surface area contributed by atoms with Gasteiger partial charge in [-0.05, 0) is 72.1 Å². The van der Waals surface area contributed by atoms with E-state index in [0.717, 1.165) is 16.8 Å². The third-order valence-corrected chi connectivity index (χ3v) is 5.72. The Labute approximate surface area is 223 Å². The van der Waals surface area contributed by atoms with Crippen molar-refractivity contribution in [3.8, 4) is 22.8 Å². The van der Waals surface area contributed by atoms with Crippen molar-refractivity contribution < 1.29 is 17.9 Å². The Morgan fingerprint density at radius 3 is 2.42 bits per heavy atom. The van der Waals surface area contributed by atoms with E-state index in [1.807, 2.05) is 36.4 Å². The van der Waals surface area contributed by atoms with Crippen molar-refractivity contribution in [3.05, 3.63) is 89.7 Å². The number of hydrazone groups is 1. The molecule has 0 saturated heterocycles. The van der Waals surface area contributed by atoms with E-state index in [1.54, 1.807) is 6.21 Å². The van der Waals surface area contributed by atoms with Crippen LogP contribution in [0.4, 0.5) is 18.9 Å². The molecule has 4 aromatic rings. The molecule has 1 aromatic heterocycles. The Bertz CT molecular complexity index is 1430. The number of anilines is 1. The molecule has 0 atom stereocenters. The molecule has 7 nitrogen and oxygen atoms in total. The largest absolute Gasteiger partial charge is 0.573 e. The van der Waals surface area contributed by atoms with Gasteiger partial charge in [-0.1, -0.05) is 50.2 Å². The van der Waals surface area contributed by atoms with E-state index in [2.05, 4.69) is 57.5 Å². The highest BCUT2D eigenvalue weighted by atomic mass is 32.1. The summed E-state index contributed by atoms with van der Waals surface area (Å²) >= 11 is 5.39. The summed E-state index contributed by atoms with van der Waals surface area (Å²) in [5.74, 6) is 0.509. The summed E-state index contributed by atoms with van der Waals surface area (Å²) in [4.78, 5) is 4.29. The third-order valence-electron chi connectivity index (χ3n) is 5.52. The normalized spacial score (nSPS) is 11.7. The quantitative estimate of drug-likeness (QED) is 0.157. The van der Waals surface area contributed by atoms with Gasteiger partial charge in [-0.15, -0.1) is 18.3 Å². The van der Waals surface area contributed by atoms with E-state index in [0.29, 0.717) is 22.5 Å². The van der Waals surface area contributed by atoms with Crippen LogP contribution in [-0.2, 0) is 0 Å². The number of ether oxygens (including phenoxy) is 1. The molecule has 0 unspecified atom stereocenters. The molecule has 1 heterocycles. The number of hydrogen-bond donors (Lipinski definition) is 2. The van der Waals surface area contributed by atoms with Gasteiger partial charge in [0.05, 0.1) is 11.9 Å². The SMILES string of the molecule is Cc1cccc(NC(=S)NN=Cc2ccc(-c3ncn(-c4ccc(OC(F)(F)F)cc4)n3)cc2)c1C(C)C. The first-order chi connectivity index (χ1) is 18.1. The monoisotopic (exact) mass is 538 g/mol. The number of aromatic nitrogens is 3. The molecule has 0 fully saturated rings. The van der Waals surface area contributed by atoms with Crippen LogP contribution in [0.25, 0.3) is 17.1 Å². The molecule has 0 aliphatic heterocycles. The molecule has 38 heavy (non-hydrogen) atoms. The lowest BCUT2D eigenvalue weighted by atomic mass is 9.96. The Kier molecular flexibility index (Phi) is 8.06. The molecule has 196 valence electrons. The molecule has 0 spiro atoms. The summed E-state index contributed by atoms with van der Waals surface area (Å²) in [7, 11) is 0. The number of hydrogen-bond acceptors (Lipinski definition) is 5. The molecule has 0 saturated carbocycles. The number of thiocarbonyl (C=S) groups is 1. The van der Waals surface area contributed by atoms with Crippen LogP contribution in [-0.4, -0.2) is 32.5 Å². The molecular formula is C27H25F3N6OS. The van der Waals surface area contributed by atoms with Gasteiger partial charge < -0.3 is 10.1 Å². The van der Waals surface area contributed by atoms with Gasteiger partial charge in [-0.3, -0.25) is 5.43 Å². The zero-order valence-electron chi connectivity index (χ0n) is 20.8. The second kappa shape index (κ2) is 11.4. The number of aryl methyl sites for hydroxylation is 1. The van der Waals surface area contributed by atoms with Crippen LogP contribution in [0.15, 0.2) is 78.2 Å². The van der Waals surface area contributed by atoms with Gasteiger partial charge in [-0.2, -0.15) is 5.10 Å². The molecule has 11 heteroatoms. The average Bonchev–Trinajstić information content (AvgIpc) is 3.34. The van der Waals surface area contributed by atoms with Crippen LogP contribution in [0.2, 0.25) is 0 Å². The number of benzene rings is 3. The maximum atomic E-state index is 12.3. The molecule has 0 bridgehead atoms. The van der Waals surface area contributed by atoms with Crippen molar-refractivity contribution >= 4 is 29.2 Å². The summed E-state index contributed by atoms with van der Waals surface area (Å²) in [6, 6.07) is 18.8. The minimum atomic E-state index is -4.74. The minimum absolute atomic E-state index is 0.305. The molecule has 3 aromatic carbocycles. The minimum Gasteiger partial charge on any atom is -0.406 e. The van der Waals surface area contributed by atoms with Crippen molar-refractivity contribution in [1.29, 1.82) is 0 Å². The van der Waals surface area contributed by atoms with Gasteiger partial charge in [0.1, 0.15) is 12.1 Å². The van der Waals surface area contributed by atoms with Gasteiger partial charge in [0.2, 0.25) is 0 Å². The molecule has 0 radical (unpaired) electrons. The summed E-state index contributed by atoms with van der Waals surface area (Å²) in [6.45, 7) is 6.35. The number of halogens is 3. The van der Waals surface area contributed by atoms with Crippen LogP contribution in [0, 0.1) is 6.92 Å². The zero-order valence-corrected chi connectivity index (χ0v) is 21.6. The van der Waals surface area contributed by atoms with Gasteiger partial charge in [0.25, 0.3) is 0 Å². The summed E-state index contributed by atoms with van der Waals surface area (Å²) in [5, 5.41) is 12.2. The van der Waals surface area contributed by atoms with E-state index in [9.17, 15) is 13.2 Å². The molecule has 4 rings (SSSR count). The summed E-state index contributed by atoms with van der Waals surface area (Å²) in [6.07, 6.45) is -1.61. The van der Waals surface area contributed by atoms with E-state index in [1.165, 1.54) is 46.4 Å². The van der Waals surface area contributed by atoms with Crippen molar-refractivity contribution in [1.82, 2.24) is 20.2 Å². The van der Waals surface area contributed by atoms with Crippen LogP contribution < -0.4 is 15.5 Å². The van der Waals surface area contributed by atoms with Crippen LogP contribution in [0.5, 0.6) is 5.75 Å². The highest BCUT2D eigenvalue weighted by Crippen LogP contribution is 2.27. The highest BCUT2D eigenvalue weighted by molar-refractivity contribution is 7.80. The first-order valence-electron chi connectivity index (χ1n) is 11.7. The lowest BCUT2D eigenvalue weighted by molar-refractivity contribution is -0.274. The molecule has 2 N–H and O–H groups in total. The lowest BCUT2D eigenvalue weighted by Gasteiger charge is -2.17. The second-order valence-electron chi connectivity index (χ2n) is 8.69. The Balaban J connectivity index is 1.35. The van der Waals surface area contributed by atoms with Gasteiger partial charge in [0.15, 0.2) is 10.9 Å². The fraction of sp³-hybridized carbons (Fsp3) is 0.185. The Morgan fingerprint density at radius 2 is 1.76 bits per heavy atom. The summed E-state index contributed by atoms with van der Waals surface area (Å²) in [5.41, 5.74) is 8.35. The van der Waals surface area contributed by atoms with Gasteiger partial charge in [0, 0.05) is 11.3 Å². The number of nitrogens with zero attached hydrogens (tertiary/aromatic N) is 4. The van der Waals surface area contributed by atoms with Crippen LogP contribution >= 0.6 is 12.2 Å². The number of rotatable bonds is 7. The van der Waals surface area contributed by atoms with Crippen LogP contribution in [0.1, 0.15) is 36.5 Å². The van der Waals surface area contributed by atoms with Gasteiger partial charge in [-0.25, -0.2) is 9.67 Å². The first-order valence-corrected chi connectivity index (χ1v) is 12.1. The molecule has 0 amide bonds. The zero-order chi connectivity index (χ0) is 27.3. The van der Waals surface area contributed by atoms with E-state index >= 15 is 0 Å². The molecule has 0 aliphatic carbocycles. The Hall–Kier alpha value is -4.25. The fourth-order valence-corrected chi connectivity index (χ4v) is 4.07. The number of alkyl halides is 3. The van der Waals surface area contributed by atoms with Crippen molar-refractivity contribution in [2.45, 2.75) is 33.1 Å². The lowest BCUT2D eigenvalue weighted by Crippen LogP contribution is -2.24. The standard InChI is InChI=1S/C27H25F3N6OS/c1-17(2)24-18(3)5-4-6-23(24)33-26(38)34-32-15-19-7-9-20(10-8-19)25-31-16-36(35-25)21-11-13-22(14-12-21)37-27(28,29)30/h4-17H,1-3H3,(H2,33,34,38). The van der Waals surface area contributed by atoms with E-state index in [4.69, 9.17) is 12.2 Å². The van der Waals surface area contributed by atoms with E-state index in [-0.39, 0.29) is 5.75 Å². The predicted molar refractivity (Wildman–Crippen MR) is 146 cm³/mol. The number of nitrogens with one attached hydrogen (secondary N) is 2. The molecular weight excluding hydrogens is 513 g/mol. The summed E-state index contributed by atoms with van der Waals surface area (Å²) < 4.78 is 42.4. The highest BCUT2D eigenvalue weighted by Gasteiger charge is 2.31. The van der Waals surface area contributed by atoms with E-state index < -0.39 is 6.36 Å².